The van der Waals surface area contributed by atoms with Crippen LogP contribution in [-0.4, -0.2) is 23.2 Å². The normalized spacial score (nSPS) is 13.9. The number of benzene rings is 4. The second-order valence-corrected chi connectivity index (χ2v) is 10.9. The molecule has 0 saturated carbocycles. The van der Waals surface area contributed by atoms with E-state index in [0.29, 0.717) is 44.3 Å². The molecule has 2 amide bonds. The smallest absolute Gasteiger partial charge is 0.270 e. The number of anilines is 2. The molecule has 0 spiro atoms. The van der Waals surface area contributed by atoms with E-state index in [1.54, 1.807) is 43.5 Å². The Morgan fingerprint density at radius 3 is 2.49 bits per heavy atom. The van der Waals surface area contributed by atoms with Crippen LogP contribution in [0.3, 0.4) is 0 Å². The van der Waals surface area contributed by atoms with Gasteiger partial charge in [0.2, 0.25) is 0 Å². The van der Waals surface area contributed by atoms with Crippen LogP contribution in [0.25, 0.3) is 6.08 Å². The van der Waals surface area contributed by atoms with Crippen molar-refractivity contribution in [2.24, 2.45) is 0 Å². The molecule has 4 aromatic carbocycles. The Morgan fingerprint density at radius 2 is 1.76 bits per heavy atom. The van der Waals surface area contributed by atoms with Gasteiger partial charge in [0, 0.05) is 11.3 Å². The van der Waals surface area contributed by atoms with E-state index in [1.165, 1.54) is 46.5 Å². The monoisotopic (exact) mass is 584 g/mol. The van der Waals surface area contributed by atoms with Crippen molar-refractivity contribution < 1.29 is 23.5 Å². The number of hydrogen-bond donors (Lipinski definition) is 1. The highest BCUT2D eigenvalue weighted by Gasteiger charge is 2.33. The number of carbonyl (C=O) groups excluding carboxylic acids is 2. The highest BCUT2D eigenvalue weighted by molar-refractivity contribution is 8.27. The van der Waals surface area contributed by atoms with E-state index in [0.717, 1.165) is 11.1 Å². The lowest BCUT2D eigenvalue weighted by atomic mass is 10.1. The molecule has 6 nitrogen and oxygen atoms in total. The number of carbonyl (C=O) groups is 2. The fourth-order valence-corrected chi connectivity index (χ4v) is 5.40. The van der Waals surface area contributed by atoms with Crippen LogP contribution < -0.4 is 19.7 Å². The Bertz CT molecular complexity index is 1650. The van der Waals surface area contributed by atoms with E-state index in [-0.39, 0.29) is 5.91 Å². The highest BCUT2D eigenvalue weighted by atomic mass is 32.2. The fraction of sp³-hybridized carbons (Fsp3) is 0.0938. The molecule has 0 unspecified atom stereocenters. The summed E-state index contributed by atoms with van der Waals surface area (Å²) in [4.78, 5) is 28.0. The molecule has 206 valence electrons. The number of thioether (sulfide) groups is 1. The molecule has 1 saturated heterocycles. The van der Waals surface area contributed by atoms with E-state index in [1.807, 2.05) is 43.3 Å². The Kier molecular flexibility index (Phi) is 8.47. The van der Waals surface area contributed by atoms with Crippen molar-refractivity contribution in [1.29, 1.82) is 0 Å². The number of halogens is 1. The Labute approximate surface area is 246 Å². The molecule has 1 N–H and O–H groups in total. The summed E-state index contributed by atoms with van der Waals surface area (Å²) in [7, 11) is 1.57. The van der Waals surface area contributed by atoms with Gasteiger partial charge in [-0.05, 0) is 78.7 Å². The van der Waals surface area contributed by atoms with Gasteiger partial charge in [-0.1, -0.05) is 65.9 Å². The van der Waals surface area contributed by atoms with Gasteiger partial charge < -0.3 is 14.8 Å². The molecule has 9 heteroatoms. The summed E-state index contributed by atoms with van der Waals surface area (Å²) in [5, 5.41) is 2.72. The third kappa shape index (κ3) is 6.65. The number of methoxy groups -OCH3 is 1. The summed E-state index contributed by atoms with van der Waals surface area (Å²) in [6.45, 7) is 2.43. The summed E-state index contributed by atoms with van der Waals surface area (Å²) >= 11 is 6.70. The first-order chi connectivity index (χ1) is 19.8. The SMILES string of the molecule is COc1cc(/C=C2/SC(=S)N(c3cccc(C(=O)Nc4ccc(F)cc4)c3)C2=O)ccc1OCc1ccc(C)cc1. The molecule has 5 rings (SSSR count). The lowest BCUT2D eigenvalue weighted by molar-refractivity contribution is -0.113. The van der Waals surface area contributed by atoms with Crippen LogP contribution in [-0.2, 0) is 11.4 Å². The molecule has 1 fully saturated rings. The van der Waals surface area contributed by atoms with Crippen molar-refractivity contribution in [1.82, 2.24) is 0 Å². The summed E-state index contributed by atoms with van der Waals surface area (Å²) in [6, 6.07) is 25.7. The third-order valence-electron chi connectivity index (χ3n) is 6.26. The van der Waals surface area contributed by atoms with Crippen molar-refractivity contribution in [3.05, 3.63) is 124 Å². The molecule has 0 atom stereocenters. The van der Waals surface area contributed by atoms with E-state index >= 15 is 0 Å². The molecule has 4 aromatic rings. The summed E-state index contributed by atoms with van der Waals surface area (Å²) < 4.78 is 25.1. The lowest BCUT2D eigenvalue weighted by Gasteiger charge is -2.15. The first-order valence-corrected chi connectivity index (χ1v) is 13.8. The average molecular weight is 585 g/mol. The summed E-state index contributed by atoms with van der Waals surface area (Å²) in [5.41, 5.74) is 4.23. The van der Waals surface area contributed by atoms with Crippen LogP contribution in [0.5, 0.6) is 11.5 Å². The Hall–Kier alpha value is -4.47. The van der Waals surface area contributed by atoms with Gasteiger partial charge in [-0.2, -0.15) is 0 Å². The van der Waals surface area contributed by atoms with Crippen LogP contribution in [0.1, 0.15) is 27.0 Å². The number of nitrogens with one attached hydrogen (secondary N) is 1. The third-order valence-corrected chi connectivity index (χ3v) is 7.56. The zero-order chi connectivity index (χ0) is 28.9. The minimum atomic E-state index is -0.395. The van der Waals surface area contributed by atoms with Crippen molar-refractivity contribution in [3.63, 3.8) is 0 Å². The molecule has 1 heterocycles. The topological polar surface area (TPSA) is 67.9 Å². The maximum Gasteiger partial charge on any atom is 0.270 e. The minimum absolute atomic E-state index is 0.297. The van der Waals surface area contributed by atoms with Crippen molar-refractivity contribution in [2.45, 2.75) is 13.5 Å². The number of ether oxygens (including phenoxy) is 2. The number of amides is 2. The zero-order valence-corrected chi connectivity index (χ0v) is 23.9. The van der Waals surface area contributed by atoms with E-state index < -0.39 is 11.7 Å². The van der Waals surface area contributed by atoms with Gasteiger partial charge in [0.25, 0.3) is 11.8 Å². The minimum Gasteiger partial charge on any atom is -0.493 e. The molecular weight excluding hydrogens is 559 g/mol. The van der Waals surface area contributed by atoms with E-state index in [9.17, 15) is 14.0 Å². The molecular formula is C32H25FN2O4S2. The van der Waals surface area contributed by atoms with E-state index in [2.05, 4.69) is 5.32 Å². The van der Waals surface area contributed by atoms with Gasteiger partial charge in [0.15, 0.2) is 15.8 Å². The quantitative estimate of drug-likeness (QED) is 0.172. The molecule has 0 aromatic heterocycles. The standard InChI is InChI=1S/C32H25FN2O4S2/c1-20-6-8-21(9-7-20)19-39-27-15-10-22(16-28(27)38-2)17-29-31(37)35(32(40)41-29)26-5-3-4-23(18-26)30(36)34-25-13-11-24(33)12-14-25/h3-18H,19H2,1-2H3,(H,34,36)/b29-17+. The lowest BCUT2D eigenvalue weighted by Crippen LogP contribution is -2.27. The average Bonchev–Trinajstić information content (AvgIpc) is 3.26. The second kappa shape index (κ2) is 12.4. The maximum absolute atomic E-state index is 13.4. The predicted molar refractivity (Wildman–Crippen MR) is 165 cm³/mol. The van der Waals surface area contributed by atoms with Crippen LogP contribution >= 0.6 is 24.0 Å². The van der Waals surface area contributed by atoms with Crippen LogP contribution in [0.2, 0.25) is 0 Å². The van der Waals surface area contributed by atoms with Gasteiger partial charge >= 0.3 is 0 Å². The molecule has 0 radical (unpaired) electrons. The van der Waals surface area contributed by atoms with Crippen molar-refractivity contribution >= 4 is 57.6 Å². The molecule has 1 aliphatic heterocycles. The second-order valence-electron chi connectivity index (χ2n) is 9.21. The molecule has 1 aliphatic rings. The van der Waals surface area contributed by atoms with Crippen molar-refractivity contribution in [3.8, 4) is 11.5 Å². The van der Waals surface area contributed by atoms with Gasteiger partial charge in [-0.3, -0.25) is 14.5 Å². The van der Waals surface area contributed by atoms with Crippen LogP contribution in [0.15, 0.2) is 95.9 Å². The number of thiocarbonyl (C=S) groups is 1. The maximum atomic E-state index is 13.4. The highest BCUT2D eigenvalue weighted by Crippen LogP contribution is 2.37. The molecule has 0 bridgehead atoms. The van der Waals surface area contributed by atoms with E-state index in [4.69, 9.17) is 21.7 Å². The van der Waals surface area contributed by atoms with Gasteiger partial charge in [-0.25, -0.2) is 4.39 Å². The number of rotatable bonds is 8. The number of nitrogens with zero attached hydrogens (tertiary/aromatic N) is 1. The zero-order valence-electron chi connectivity index (χ0n) is 22.2. The van der Waals surface area contributed by atoms with Gasteiger partial charge in [0.05, 0.1) is 17.7 Å². The first-order valence-electron chi connectivity index (χ1n) is 12.6. The summed E-state index contributed by atoms with van der Waals surface area (Å²) in [6.07, 6.45) is 1.75. The number of hydrogen-bond acceptors (Lipinski definition) is 6. The fourth-order valence-electron chi connectivity index (χ4n) is 4.10. The predicted octanol–water partition coefficient (Wildman–Crippen LogP) is 7.38. The molecule has 41 heavy (non-hydrogen) atoms. The van der Waals surface area contributed by atoms with Gasteiger partial charge in [0.1, 0.15) is 12.4 Å². The Morgan fingerprint density at radius 1 is 1.00 bits per heavy atom. The van der Waals surface area contributed by atoms with Crippen LogP contribution in [0, 0.1) is 12.7 Å². The largest absolute Gasteiger partial charge is 0.493 e. The number of aryl methyl sites for hydroxylation is 1. The first kappa shape index (κ1) is 28.1. The van der Waals surface area contributed by atoms with Gasteiger partial charge in [-0.15, -0.1) is 0 Å². The van der Waals surface area contributed by atoms with Crippen molar-refractivity contribution in [2.75, 3.05) is 17.3 Å². The van der Waals surface area contributed by atoms with Crippen LogP contribution in [0.4, 0.5) is 15.8 Å². The summed E-state index contributed by atoms with van der Waals surface area (Å²) in [5.74, 6) is 0.0499. The molecule has 0 aliphatic carbocycles. The Balaban J connectivity index is 1.31.